The molecule has 0 radical (unpaired) electrons. The molecule has 1 aromatic carbocycles. The Hall–Kier alpha value is -3.15. The van der Waals surface area contributed by atoms with E-state index in [1.807, 2.05) is 36.4 Å². The molecule has 0 unspecified atom stereocenters. The molecule has 1 aliphatic rings. The number of para-hydroxylation sites is 1. The fourth-order valence-electron chi connectivity index (χ4n) is 3.57. The molecule has 3 heterocycles. The van der Waals surface area contributed by atoms with Crippen LogP contribution >= 0.6 is 0 Å². The van der Waals surface area contributed by atoms with Crippen molar-refractivity contribution < 1.29 is 0 Å². The van der Waals surface area contributed by atoms with Crippen LogP contribution in [-0.4, -0.2) is 25.6 Å². The third-order valence-corrected chi connectivity index (χ3v) is 4.90. The minimum absolute atomic E-state index is 0.0824. The Morgan fingerprint density at radius 2 is 1.96 bits per heavy atom. The van der Waals surface area contributed by atoms with E-state index in [2.05, 4.69) is 32.4 Å². The molecule has 1 fully saturated rings. The first-order valence-electron chi connectivity index (χ1n) is 8.45. The SMILES string of the molecule is O=c1[nH]c2cccnc2n1[C@H]1C[C@H](Nc2ccc3ccccc3n2)C1. The summed E-state index contributed by atoms with van der Waals surface area (Å²) in [7, 11) is 0. The lowest BCUT2D eigenvalue weighted by Gasteiger charge is -2.36. The average Bonchev–Trinajstić information content (AvgIpc) is 2.93. The van der Waals surface area contributed by atoms with Crippen LogP contribution < -0.4 is 11.0 Å². The van der Waals surface area contributed by atoms with Gasteiger partial charge < -0.3 is 10.3 Å². The molecule has 6 heteroatoms. The Balaban J connectivity index is 1.34. The summed E-state index contributed by atoms with van der Waals surface area (Å²) in [6.07, 6.45) is 3.50. The van der Waals surface area contributed by atoms with Gasteiger partial charge >= 0.3 is 5.69 Å². The van der Waals surface area contributed by atoms with Crippen molar-refractivity contribution in [3.05, 3.63) is 65.2 Å². The number of fused-ring (bicyclic) bond motifs is 2. The van der Waals surface area contributed by atoms with E-state index in [9.17, 15) is 4.79 Å². The molecule has 124 valence electrons. The molecule has 2 N–H and O–H groups in total. The van der Waals surface area contributed by atoms with E-state index in [1.165, 1.54) is 0 Å². The largest absolute Gasteiger partial charge is 0.367 e. The summed E-state index contributed by atoms with van der Waals surface area (Å²) in [6, 6.07) is 16.4. The number of imidazole rings is 1. The maximum absolute atomic E-state index is 12.2. The smallest absolute Gasteiger partial charge is 0.327 e. The van der Waals surface area contributed by atoms with Crippen molar-refractivity contribution in [3.8, 4) is 0 Å². The number of aromatic nitrogens is 4. The number of anilines is 1. The van der Waals surface area contributed by atoms with Crippen LogP contribution in [0.5, 0.6) is 0 Å². The van der Waals surface area contributed by atoms with Crippen LogP contribution in [0, 0.1) is 0 Å². The van der Waals surface area contributed by atoms with Crippen LogP contribution in [-0.2, 0) is 0 Å². The van der Waals surface area contributed by atoms with E-state index >= 15 is 0 Å². The van der Waals surface area contributed by atoms with Gasteiger partial charge in [-0.2, -0.15) is 0 Å². The summed E-state index contributed by atoms with van der Waals surface area (Å²) in [5.41, 5.74) is 2.43. The molecule has 4 aromatic rings. The van der Waals surface area contributed by atoms with E-state index in [1.54, 1.807) is 10.8 Å². The molecular formula is C19H17N5O. The molecule has 1 saturated carbocycles. The summed E-state index contributed by atoms with van der Waals surface area (Å²) in [5.74, 6) is 0.881. The van der Waals surface area contributed by atoms with Gasteiger partial charge in [0.1, 0.15) is 5.82 Å². The van der Waals surface area contributed by atoms with Crippen LogP contribution in [0.2, 0.25) is 0 Å². The molecule has 6 nitrogen and oxygen atoms in total. The standard InChI is InChI=1S/C19H17N5O/c25-19-23-16-6-3-9-20-18(16)24(19)14-10-13(11-14)21-17-8-7-12-4-1-2-5-15(12)22-17/h1-9,13-14H,10-11H2,(H,21,22)(H,23,25)/t13-,14-. The molecule has 0 aliphatic heterocycles. The minimum Gasteiger partial charge on any atom is -0.367 e. The lowest BCUT2D eigenvalue weighted by molar-refractivity contribution is 0.282. The van der Waals surface area contributed by atoms with Crippen LogP contribution in [0.4, 0.5) is 5.82 Å². The van der Waals surface area contributed by atoms with Gasteiger partial charge in [0.25, 0.3) is 0 Å². The van der Waals surface area contributed by atoms with Gasteiger partial charge in [0.05, 0.1) is 11.0 Å². The van der Waals surface area contributed by atoms with E-state index in [0.717, 1.165) is 40.7 Å². The highest BCUT2D eigenvalue weighted by atomic mass is 16.1. The highest BCUT2D eigenvalue weighted by Gasteiger charge is 2.33. The molecule has 0 amide bonds. The molecule has 0 spiro atoms. The van der Waals surface area contributed by atoms with Crippen molar-refractivity contribution in [3.63, 3.8) is 0 Å². The number of aromatic amines is 1. The Bertz CT molecular complexity index is 1120. The van der Waals surface area contributed by atoms with Crippen LogP contribution in [0.3, 0.4) is 0 Å². The fraction of sp³-hybridized carbons (Fsp3) is 0.211. The fourth-order valence-corrected chi connectivity index (χ4v) is 3.57. The number of hydrogen-bond donors (Lipinski definition) is 2. The van der Waals surface area contributed by atoms with Crippen LogP contribution in [0.15, 0.2) is 59.5 Å². The van der Waals surface area contributed by atoms with Gasteiger partial charge in [-0.25, -0.2) is 14.8 Å². The molecule has 1 aliphatic carbocycles. The third kappa shape index (κ3) is 2.38. The zero-order valence-electron chi connectivity index (χ0n) is 13.5. The van der Waals surface area contributed by atoms with Gasteiger partial charge in [0.2, 0.25) is 0 Å². The number of benzene rings is 1. The lowest BCUT2D eigenvalue weighted by Crippen LogP contribution is -2.40. The Morgan fingerprint density at radius 1 is 1.08 bits per heavy atom. The van der Waals surface area contributed by atoms with Crippen molar-refractivity contribution in [2.75, 3.05) is 5.32 Å². The van der Waals surface area contributed by atoms with Gasteiger partial charge in [-0.3, -0.25) is 4.57 Å². The van der Waals surface area contributed by atoms with Crippen molar-refractivity contribution in [2.45, 2.75) is 24.9 Å². The second-order valence-electron chi connectivity index (χ2n) is 6.53. The second-order valence-corrected chi connectivity index (χ2v) is 6.53. The molecular weight excluding hydrogens is 314 g/mol. The topological polar surface area (TPSA) is 75.6 Å². The third-order valence-electron chi connectivity index (χ3n) is 4.90. The monoisotopic (exact) mass is 331 g/mol. The summed E-state index contributed by atoms with van der Waals surface area (Å²) >= 11 is 0. The van der Waals surface area contributed by atoms with E-state index < -0.39 is 0 Å². The number of hydrogen-bond acceptors (Lipinski definition) is 4. The Morgan fingerprint density at radius 3 is 2.88 bits per heavy atom. The van der Waals surface area contributed by atoms with Crippen molar-refractivity contribution in [2.24, 2.45) is 0 Å². The average molecular weight is 331 g/mol. The molecule has 5 rings (SSSR count). The first-order valence-corrected chi connectivity index (χ1v) is 8.45. The number of nitrogens with one attached hydrogen (secondary N) is 2. The zero-order valence-corrected chi connectivity index (χ0v) is 13.5. The highest BCUT2D eigenvalue weighted by Crippen LogP contribution is 2.34. The van der Waals surface area contributed by atoms with E-state index in [0.29, 0.717) is 6.04 Å². The Kier molecular flexibility index (Phi) is 3.09. The summed E-state index contributed by atoms with van der Waals surface area (Å²) in [6.45, 7) is 0. The quantitative estimate of drug-likeness (QED) is 0.605. The maximum atomic E-state index is 12.2. The maximum Gasteiger partial charge on any atom is 0.327 e. The molecule has 0 saturated heterocycles. The van der Waals surface area contributed by atoms with E-state index in [4.69, 9.17) is 0 Å². The Labute approximate surface area is 143 Å². The molecule has 0 bridgehead atoms. The summed E-state index contributed by atoms with van der Waals surface area (Å²) in [5, 5.41) is 4.61. The normalized spacial score (nSPS) is 19.8. The van der Waals surface area contributed by atoms with Crippen molar-refractivity contribution in [1.29, 1.82) is 0 Å². The minimum atomic E-state index is -0.0824. The van der Waals surface area contributed by atoms with Gasteiger partial charge in [-0.05, 0) is 43.2 Å². The van der Waals surface area contributed by atoms with Crippen LogP contribution in [0.1, 0.15) is 18.9 Å². The van der Waals surface area contributed by atoms with Gasteiger partial charge in [-0.1, -0.05) is 18.2 Å². The zero-order chi connectivity index (χ0) is 16.8. The predicted molar refractivity (Wildman–Crippen MR) is 97.8 cm³/mol. The summed E-state index contributed by atoms with van der Waals surface area (Å²) in [4.78, 5) is 24.1. The van der Waals surface area contributed by atoms with Gasteiger partial charge in [-0.15, -0.1) is 0 Å². The van der Waals surface area contributed by atoms with E-state index in [-0.39, 0.29) is 11.7 Å². The van der Waals surface area contributed by atoms with Crippen molar-refractivity contribution >= 4 is 27.9 Å². The first-order chi connectivity index (χ1) is 12.3. The number of pyridine rings is 2. The lowest BCUT2D eigenvalue weighted by atomic mass is 9.86. The second kappa shape index (κ2) is 5.44. The highest BCUT2D eigenvalue weighted by molar-refractivity contribution is 5.80. The van der Waals surface area contributed by atoms with Gasteiger partial charge in [0, 0.05) is 23.7 Å². The van der Waals surface area contributed by atoms with Gasteiger partial charge in [0.15, 0.2) is 5.65 Å². The summed E-state index contributed by atoms with van der Waals surface area (Å²) < 4.78 is 1.78. The molecule has 25 heavy (non-hydrogen) atoms. The van der Waals surface area contributed by atoms with Crippen molar-refractivity contribution in [1.82, 2.24) is 19.5 Å². The number of rotatable bonds is 3. The predicted octanol–water partition coefficient (Wildman–Crippen LogP) is 3.09. The molecule has 0 atom stereocenters. The number of H-pyrrole nitrogens is 1. The number of nitrogens with zero attached hydrogens (tertiary/aromatic N) is 3. The van der Waals surface area contributed by atoms with Crippen LogP contribution in [0.25, 0.3) is 22.1 Å². The first kappa shape index (κ1) is 14.2. The molecule has 3 aromatic heterocycles.